The van der Waals surface area contributed by atoms with E-state index in [4.69, 9.17) is 4.74 Å². The summed E-state index contributed by atoms with van der Waals surface area (Å²) in [4.78, 5) is 35.1. The van der Waals surface area contributed by atoms with Crippen LogP contribution in [-0.4, -0.2) is 37.4 Å². The van der Waals surface area contributed by atoms with E-state index in [-0.39, 0.29) is 37.4 Å². The zero-order chi connectivity index (χ0) is 20.5. The lowest BCUT2D eigenvalue weighted by Gasteiger charge is -2.11. The lowest BCUT2D eigenvalue weighted by Crippen LogP contribution is -2.36. The summed E-state index contributed by atoms with van der Waals surface area (Å²) in [7, 11) is 0. The number of aryl methyl sites for hydroxylation is 2. The number of hydrogen-bond acceptors (Lipinski definition) is 4. The van der Waals surface area contributed by atoms with Crippen LogP contribution in [0.4, 0.5) is 5.69 Å². The zero-order valence-corrected chi connectivity index (χ0v) is 16.3. The molecule has 0 radical (unpaired) electrons. The van der Waals surface area contributed by atoms with Gasteiger partial charge in [-0.05, 0) is 43.7 Å². The van der Waals surface area contributed by atoms with Crippen molar-refractivity contribution in [2.24, 2.45) is 0 Å². The van der Waals surface area contributed by atoms with Crippen molar-refractivity contribution in [1.82, 2.24) is 10.6 Å². The van der Waals surface area contributed by atoms with Crippen LogP contribution in [0, 0.1) is 13.8 Å². The van der Waals surface area contributed by atoms with Gasteiger partial charge in [0.1, 0.15) is 5.75 Å². The first kappa shape index (κ1) is 21.0. The standard InChI is InChI=1S/C21H25N3O4/c1-14-7-8-19(15(2)11-14)28-13-20(26)22-9-10-23-21(27)17-5-4-6-18(12-17)24-16(3)25/h4-8,11-12H,9-10,13H2,1-3H3,(H,22,26)(H,23,27)(H,24,25). The van der Waals surface area contributed by atoms with Crippen LogP contribution in [0.3, 0.4) is 0 Å². The summed E-state index contributed by atoms with van der Waals surface area (Å²) >= 11 is 0. The summed E-state index contributed by atoms with van der Waals surface area (Å²) in [5.74, 6) is -0.0775. The van der Waals surface area contributed by atoms with Crippen LogP contribution in [0.15, 0.2) is 42.5 Å². The summed E-state index contributed by atoms with van der Waals surface area (Å²) in [6.07, 6.45) is 0. The first-order valence-corrected chi connectivity index (χ1v) is 8.98. The molecule has 2 rings (SSSR count). The summed E-state index contributed by atoms with van der Waals surface area (Å²) in [5.41, 5.74) is 3.09. The second kappa shape index (κ2) is 10.1. The molecule has 3 N–H and O–H groups in total. The van der Waals surface area contributed by atoms with E-state index >= 15 is 0 Å². The molecule has 28 heavy (non-hydrogen) atoms. The van der Waals surface area contributed by atoms with E-state index in [2.05, 4.69) is 16.0 Å². The van der Waals surface area contributed by atoms with E-state index in [1.807, 2.05) is 32.0 Å². The Labute approximate surface area is 164 Å². The number of anilines is 1. The first-order valence-electron chi connectivity index (χ1n) is 8.98. The lowest BCUT2D eigenvalue weighted by molar-refractivity contribution is -0.123. The van der Waals surface area contributed by atoms with E-state index < -0.39 is 0 Å². The maximum Gasteiger partial charge on any atom is 0.258 e. The van der Waals surface area contributed by atoms with Gasteiger partial charge in [0.15, 0.2) is 6.61 Å². The van der Waals surface area contributed by atoms with Crippen LogP contribution in [-0.2, 0) is 9.59 Å². The topological polar surface area (TPSA) is 96.5 Å². The molecule has 0 aliphatic carbocycles. The van der Waals surface area contributed by atoms with Crippen molar-refractivity contribution < 1.29 is 19.1 Å². The summed E-state index contributed by atoms with van der Waals surface area (Å²) in [6.45, 7) is 5.80. The van der Waals surface area contributed by atoms with Gasteiger partial charge in [0.25, 0.3) is 11.8 Å². The van der Waals surface area contributed by atoms with E-state index in [9.17, 15) is 14.4 Å². The highest BCUT2D eigenvalue weighted by Crippen LogP contribution is 2.18. The Balaban J connectivity index is 1.71. The number of carbonyl (C=O) groups excluding carboxylic acids is 3. The van der Waals surface area contributed by atoms with Crippen molar-refractivity contribution in [3.05, 3.63) is 59.2 Å². The zero-order valence-electron chi connectivity index (χ0n) is 16.3. The molecule has 3 amide bonds. The molecule has 0 bridgehead atoms. The highest BCUT2D eigenvalue weighted by Gasteiger charge is 2.08. The molecule has 2 aromatic rings. The van der Waals surface area contributed by atoms with Gasteiger partial charge >= 0.3 is 0 Å². The Morgan fingerprint density at radius 2 is 1.71 bits per heavy atom. The fourth-order valence-corrected chi connectivity index (χ4v) is 2.58. The Bertz CT molecular complexity index is 864. The minimum Gasteiger partial charge on any atom is -0.484 e. The molecule has 7 nitrogen and oxygen atoms in total. The van der Waals surface area contributed by atoms with Crippen LogP contribution in [0.2, 0.25) is 0 Å². The minimum absolute atomic E-state index is 0.0867. The van der Waals surface area contributed by atoms with Crippen molar-refractivity contribution >= 4 is 23.4 Å². The van der Waals surface area contributed by atoms with Gasteiger partial charge in [-0.15, -0.1) is 0 Å². The average Bonchev–Trinajstić information content (AvgIpc) is 2.64. The third-order valence-corrected chi connectivity index (χ3v) is 3.87. The quantitative estimate of drug-likeness (QED) is 0.609. The number of amides is 3. The number of carbonyl (C=O) groups is 3. The molecular weight excluding hydrogens is 358 g/mol. The van der Waals surface area contributed by atoms with E-state index in [0.717, 1.165) is 11.1 Å². The highest BCUT2D eigenvalue weighted by atomic mass is 16.5. The molecule has 2 aromatic carbocycles. The normalized spacial score (nSPS) is 10.1. The van der Waals surface area contributed by atoms with Crippen LogP contribution in [0.25, 0.3) is 0 Å². The maximum atomic E-state index is 12.1. The molecule has 0 aliphatic heterocycles. The second-order valence-electron chi connectivity index (χ2n) is 6.43. The van der Waals surface area contributed by atoms with E-state index in [0.29, 0.717) is 17.0 Å². The smallest absolute Gasteiger partial charge is 0.258 e. The molecule has 0 fully saturated rings. The number of hydrogen-bond donors (Lipinski definition) is 3. The van der Waals surface area contributed by atoms with Gasteiger partial charge in [0.05, 0.1) is 0 Å². The SMILES string of the molecule is CC(=O)Nc1cccc(C(=O)NCCNC(=O)COc2ccc(C)cc2C)c1. The third-order valence-electron chi connectivity index (χ3n) is 3.87. The monoisotopic (exact) mass is 383 g/mol. The van der Waals surface area contributed by atoms with Crippen LogP contribution < -0.4 is 20.7 Å². The van der Waals surface area contributed by atoms with Gasteiger partial charge in [0, 0.05) is 31.3 Å². The average molecular weight is 383 g/mol. The van der Waals surface area contributed by atoms with Crippen LogP contribution in [0.1, 0.15) is 28.4 Å². The van der Waals surface area contributed by atoms with Gasteiger partial charge in [-0.1, -0.05) is 23.8 Å². The maximum absolute atomic E-state index is 12.1. The van der Waals surface area contributed by atoms with Crippen molar-refractivity contribution in [3.8, 4) is 5.75 Å². The second-order valence-corrected chi connectivity index (χ2v) is 6.43. The Morgan fingerprint density at radius 3 is 2.43 bits per heavy atom. The predicted octanol–water partition coefficient (Wildman–Crippen LogP) is 2.19. The summed E-state index contributed by atoms with van der Waals surface area (Å²) < 4.78 is 5.51. The van der Waals surface area contributed by atoms with Crippen molar-refractivity contribution in [2.75, 3.05) is 25.0 Å². The highest BCUT2D eigenvalue weighted by molar-refractivity contribution is 5.96. The fourth-order valence-electron chi connectivity index (χ4n) is 2.58. The molecule has 0 spiro atoms. The van der Waals surface area contributed by atoms with E-state index in [1.165, 1.54) is 6.92 Å². The molecule has 0 saturated heterocycles. The van der Waals surface area contributed by atoms with Crippen LogP contribution >= 0.6 is 0 Å². The minimum atomic E-state index is -0.284. The number of benzene rings is 2. The predicted molar refractivity (Wildman–Crippen MR) is 107 cm³/mol. The molecule has 0 aliphatic rings. The molecule has 0 heterocycles. The van der Waals surface area contributed by atoms with Gasteiger partial charge in [-0.2, -0.15) is 0 Å². The third kappa shape index (κ3) is 6.75. The Hall–Kier alpha value is -3.35. The van der Waals surface area contributed by atoms with Gasteiger partial charge in [0.2, 0.25) is 5.91 Å². The molecule has 0 aromatic heterocycles. The molecule has 0 saturated carbocycles. The van der Waals surface area contributed by atoms with Gasteiger partial charge in [-0.25, -0.2) is 0 Å². The van der Waals surface area contributed by atoms with Crippen molar-refractivity contribution in [3.63, 3.8) is 0 Å². The first-order chi connectivity index (χ1) is 13.3. The number of rotatable bonds is 8. The molecule has 7 heteroatoms. The summed E-state index contributed by atoms with van der Waals surface area (Å²) in [6, 6.07) is 12.4. The van der Waals surface area contributed by atoms with Gasteiger partial charge in [-0.3, -0.25) is 14.4 Å². The Morgan fingerprint density at radius 1 is 0.964 bits per heavy atom. The Kier molecular flexibility index (Phi) is 7.56. The summed E-state index contributed by atoms with van der Waals surface area (Å²) in [5, 5.41) is 8.04. The fraction of sp³-hybridized carbons (Fsp3) is 0.286. The molecule has 0 unspecified atom stereocenters. The van der Waals surface area contributed by atoms with Crippen LogP contribution in [0.5, 0.6) is 5.75 Å². The van der Waals surface area contributed by atoms with Crippen molar-refractivity contribution in [2.45, 2.75) is 20.8 Å². The molecule has 148 valence electrons. The largest absolute Gasteiger partial charge is 0.484 e. The van der Waals surface area contributed by atoms with E-state index in [1.54, 1.807) is 24.3 Å². The van der Waals surface area contributed by atoms with Gasteiger partial charge < -0.3 is 20.7 Å². The number of nitrogens with one attached hydrogen (secondary N) is 3. The lowest BCUT2D eigenvalue weighted by atomic mass is 10.1. The van der Waals surface area contributed by atoms with Crippen molar-refractivity contribution in [1.29, 1.82) is 0 Å². The molecule has 0 atom stereocenters. The number of ether oxygens (including phenoxy) is 1. The molecular formula is C21H25N3O4.